The van der Waals surface area contributed by atoms with E-state index in [-0.39, 0.29) is 28.6 Å². The normalized spacial score (nSPS) is 20.7. The van der Waals surface area contributed by atoms with E-state index in [4.69, 9.17) is 11.5 Å². The third-order valence-electron chi connectivity index (χ3n) is 4.18. The lowest BCUT2D eigenvalue weighted by Gasteiger charge is -2.45. The number of halogens is 3. The maximum atomic E-state index is 12.5. The molecular weight excluding hydrogens is 339 g/mol. The fraction of sp³-hybridized carbons (Fsp3) is 0.467. The smallest absolute Gasteiger partial charge is 0.369 e. The molecular formula is C15H18F3N5S. The van der Waals surface area contributed by atoms with Gasteiger partial charge in [0.25, 0.3) is 0 Å². The van der Waals surface area contributed by atoms with E-state index >= 15 is 0 Å². The average Bonchev–Trinajstić information content (AvgIpc) is 2.47. The maximum Gasteiger partial charge on any atom is 0.446 e. The molecule has 1 aromatic carbocycles. The SMILES string of the molecule is NC1=NC2(CCCCC2)N(c2ccc(SC(F)(F)F)cc2)C(N)=N1. The predicted octanol–water partition coefficient (Wildman–Crippen LogP) is 3.41. The van der Waals surface area contributed by atoms with Gasteiger partial charge in [0.2, 0.25) is 11.9 Å². The van der Waals surface area contributed by atoms with Crippen molar-refractivity contribution in [1.82, 2.24) is 0 Å². The van der Waals surface area contributed by atoms with Crippen molar-refractivity contribution in [3.63, 3.8) is 0 Å². The third kappa shape index (κ3) is 3.45. The van der Waals surface area contributed by atoms with Crippen LogP contribution in [0, 0.1) is 0 Å². The molecule has 0 unspecified atom stereocenters. The lowest BCUT2D eigenvalue weighted by atomic mass is 9.87. The van der Waals surface area contributed by atoms with Gasteiger partial charge in [-0.05, 0) is 61.7 Å². The number of benzene rings is 1. The van der Waals surface area contributed by atoms with Crippen molar-refractivity contribution >= 4 is 29.4 Å². The van der Waals surface area contributed by atoms with Gasteiger partial charge in [-0.2, -0.15) is 18.2 Å². The van der Waals surface area contributed by atoms with Crippen LogP contribution in [0.25, 0.3) is 0 Å². The largest absolute Gasteiger partial charge is 0.446 e. The molecule has 24 heavy (non-hydrogen) atoms. The Labute approximate surface area is 142 Å². The van der Waals surface area contributed by atoms with Crippen LogP contribution in [0.5, 0.6) is 0 Å². The quantitative estimate of drug-likeness (QED) is 0.795. The Hall–Kier alpha value is -1.90. The molecule has 1 aliphatic carbocycles. The summed E-state index contributed by atoms with van der Waals surface area (Å²) in [6, 6.07) is 6.09. The summed E-state index contributed by atoms with van der Waals surface area (Å²) >= 11 is -0.143. The molecule has 9 heteroatoms. The highest BCUT2D eigenvalue weighted by Gasteiger charge is 2.42. The molecule has 4 N–H and O–H groups in total. The first-order chi connectivity index (χ1) is 11.3. The minimum atomic E-state index is -4.31. The first kappa shape index (κ1) is 16.9. The molecule has 1 spiro atoms. The average molecular weight is 357 g/mol. The molecule has 0 bridgehead atoms. The van der Waals surface area contributed by atoms with Crippen molar-refractivity contribution in [1.29, 1.82) is 0 Å². The lowest BCUT2D eigenvalue weighted by molar-refractivity contribution is -0.0328. The summed E-state index contributed by atoms with van der Waals surface area (Å²) in [6.45, 7) is 0. The summed E-state index contributed by atoms with van der Waals surface area (Å²) < 4.78 is 37.4. The molecule has 1 aliphatic heterocycles. The Morgan fingerprint density at radius 2 is 1.67 bits per heavy atom. The van der Waals surface area contributed by atoms with Crippen LogP contribution in [-0.2, 0) is 0 Å². The number of alkyl halides is 3. The van der Waals surface area contributed by atoms with Gasteiger partial charge >= 0.3 is 5.51 Å². The van der Waals surface area contributed by atoms with Crippen LogP contribution in [0.4, 0.5) is 18.9 Å². The highest BCUT2D eigenvalue weighted by Crippen LogP contribution is 2.41. The molecule has 2 aliphatic rings. The predicted molar refractivity (Wildman–Crippen MR) is 89.9 cm³/mol. The Kier molecular flexibility index (Phi) is 4.37. The van der Waals surface area contributed by atoms with Crippen LogP contribution >= 0.6 is 11.8 Å². The third-order valence-corrected chi connectivity index (χ3v) is 4.92. The molecule has 0 saturated heterocycles. The molecule has 0 radical (unpaired) electrons. The Morgan fingerprint density at radius 3 is 2.25 bits per heavy atom. The number of nitrogens with zero attached hydrogens (tertiary/aromatic N) is 3. The molecule has 130 valence electrons. The van der Waals surface area contributed by atoms with Crippen molar-refractivity contribution in [2.45, 2.75) is 48.2 Å². The zero-order valence-corrected chi connectivity index (χ0v) is 13.7. The van der Waals surface area contributed by atoms with Gasteiger partial charge in [-0.15, -0.1) is 0 Å². The van der Waals surface area contributed by atoms with Crippen molar-refractivity contribution in [3.05, 3.63) is 24.3 Å². The topological polar surface area (TPSA) is 80.0 Å². The first-order valence-corrected chi connectivity index (χ1v) is 8.46. The monoisotopic (exact) mass is 357 g/mol. The standard InChI is InChI=1S/C15H18F3N5S/c16-15(17,18)24-11-6-4-10(5-7-11)23-13(20)21-12(19)22-14(23)8-2-1-3-9-14/h4-7H,1-3,8-9H2,(H4,19,20,21,22). The second kappa shape index (κ2) is 6.19. The molecule has 0 amide bonds. The molecule has 1 fully saturated rings. The number of aliphatic imine (C=N–C) groups is 2. The van der Waals surface area contributed by atoms with Crippen LogP contribution in [0.1, 0.15) is 32.1 Å². The summed E-state index contributed by atoms with van der Waals surface area (Å²) in [4.78, 5) is 10.5. The van der Waals surface area contributed by atoms with E-state index in [1.807, 2.05) is 0 Å². The van der Waals surface area contributed by atoms with E-state index in [1.54, 1.807) is 17.0 Å². The second-order valence-electron chi connectivity index (χ2n) is 5.86. The fourth-order valence-electron chi connectivity index (χ4n) is 3.29. The molecule has 0 atom stereocenters. The van der Waals surface area contributed by atoms with Gasteiger partial charge in [0, 0.05) is 10.6 Å². The minimum absolute atomic E-state index is 0.125. The number of hydrogen-bond donors (Lipinski definition) is 2. The molecule has 1 aromatic rings. The first-order valence-electron chi connectivity index (χ1n) is 7.65. The minimum Gasteiger partial charge on any atom is -0.369 e. The highest BCUT2D eigenvalue weighted by atomic mass is 32.2. The summed E-state index contributed by atoms with van der Waals surface area (Å²) in [5.74, 6) is 0.371. The lowest BCUT2D eigenvalue weighted by Crippen LogP contribution is -2.58. The van der Waals surface area contributed by atoms with E-state index in [0.717, 1.165) is 32.1 Å². The number of hydrogen-bond acceptors (Lipinski definition) is 6. The van der Waals surface area contributed by atoms with Crippen molar-refractivity contribution < 1.29 is 13.2 Å². The number of nitrogens with two attached hydrogens (primary N) is 2. The van der Waals surface area contributed by atoms with Crippen molar-refractivity contribution in [3.8, 4) is 0 Å². The number of thioether (sulfide) groups is 1. The Morgan fingerprint density at radius 1 is 1.04 bits per heavy atom. The van der Waals surface area contributed by atoms with Crippen LogP contribution in [-0.4, -0.2) is 23.1 Å². The van der Waals surface area contributed by atoms with Gasteiger partial charge in [0.05, 0.1) is 0 Å². The van der Waals surface area contributed by atoms with Gasteiger partial charge in [-0.3, -0.25) is 4.90 Å². The Bertz CT molecular complexity index is 663. The Balaban J connectivity index is 1.92. The van der Waals surface area contributed by atoms with Gasteiger partial charge in [0.15, 0.2) is 0 Å². The molecule has 3 rings (SSSR count). The van der Waals surface area contributed by atoms with Crippen molar-refractivity contribution in [2.24, 2.45) is 21.5 Å². The summed E-state index contributed by atoms with van der Waals surface area (Å²) in [6.07, 6.45) is 4.65. The fourth-order valence-corrected chi connectivity index (χ4v) is 3.83. The maximum absolute atomic E-state index is 12.5. The molecule has 0 aromatic heterocycles. The van der Waals surface area contributed by atoms with Crippen molar-refractivity contribution in [2.75, 3.05) is 4.90 Å². The second-order valence-corrected chi connectivity index (χ2v) is 7.00. The van der Waals surface area contributed by atoms with E-state index in [0.29, 0.717) is 5.69 Å². The highest BCUT2D eigenvalue weighted by molar-refractivity contribution is 8.00. The summed E-state index contributed by atoms with van der Waals surface area (Å²) in [7, 11) is 0. The molecule has 1 saturated carbocycles. The van der Waals surface area contributed by atoms with Gasteiger partial charge in [0.1, 0.15) is 5.66 Å². The van der Waals surface area contributed by atoms with Crippen LogP contribution in [0.2, 0.25) is 0 Å². The van der Waals surface area contributed by atoms with Crippen LogP contribution in [0.3, 0.4) is 0 Å². The van der Waals surface area contributed by atoms with E-state index in [2.05, 4.69) is 9.98 Å². The van der Waals surface area contributed by atoms with Gasteiger partial charge in [-0.25, -0.2) is 4.99 Å². The molecule has 1 heterocycles. The van der Waals surface area contributed by atoms with Gasteiger partial charge in [-0.1, -0.05) is 6.42 Å². The zero-order chi connectivity index (χ0) is 17.4. The van der Waals surface area contributed by atoms with Crippen LogP contribution in [0.15, 0.2) is 39.1 Å². The van der Waals surface area contributed by atoms with E-state index in [9.17, 15) is 13.2 Å². The summed E-state index contributed by atoms with van der Waals surface area (Å²) in [5.41, 5.74) is 7.64. The van der Waals surface area contributed by atoms with Gasteiger partial charge < -0.3 is 11.5 Å². The van der Waals surface area contributed by atoms with E-state index in [1.165, 1.54) is 12.1 Å². The number of rotatable bonds is 2. The van der Waals surface area contributed by atoms with E-state index < -0.39 is 11.2 Å². The molecule has 5 nitrogen and oxygen atoms in total. The number of guanidine groups is 2. The zero-order valence-electron chi connectivity index (χ0n) is 12.9. The van der Waals surface area contributed by atoms with Crippen LogP contribution < -0.4 is 16.4 Å². The number of anilines is 1. The summed E-state index contributed by atoms with van der Waals surface area (Å²) in [5, 5.41) is 0.